The molecule has 58 valence electrons. The minimum atomic E-state index is -0.247. The second-order valence-electron chi connectivity index (χ2n) is 1.91. The molecule has 1 aromatic heterocycles. The van der Waals surface area contributed by atoms with Gasteiger partial charge in [-0.1, -0.05) is 0 Å². The second-order valence-corrected chi connectivity index (χ2v) is 2.18. The maximum atomic E-state index is 10.8. The molecule has 1 rings (SSSR count). The molecule has 1 heterocycles. The SMILES string of the molecule is O=Cc1cc(C(=O)CCl)co1. The molecule has 3 nitrogen and oxygen atoms in total. The first kappa shape index (κ1) is 8.01. The predicted octanol–water partition coefficient (Wildman–Crippen LogP) is 1.51. The van der Waals surface area contributed by atoms with Crippen molar-refractivity contribution in [3.63, 3.8) is 0 Å². The molecule has 0 N–H and O–H groups in total. The second kappa shape index (κ2) is 3.34. The molecule has 0 radical (unpaired) electrons. The van der Waals surface area contributed by atoms with Crippen LogP contribution in [-0.2, 0) is 0 Å². The number of ketones is 1. The standard InChI is InChI=1S/C7H5ClO3/c8-2-7(10)5-1-6(3-9)11-4-5/h1,3-4H,2H2. The van der Waals surface area contributed by atoms with Crippen LogP contribution in [0.2, 0.25) is 0 Å². The number of rotatable bonds is 3. The van der Waals surface area contributed by atoms with E-state index in [0.29, 0.717) is 11.8 Å². The molecule has 0 aliphatic carbocycles. The molecule has 0 unspecified atom stereocenters. The van der Waals surface area contributed by atoms with Crippen LogP contribution in [0, 0.1) is 0 Å². The molecule has 0 saturated carbocycles. The summed E-state index contributed by atoms with van der Waals surface area (Å²) in [4.78, 5) is 20.9. The minimum Gasteiger partial charge on any atom is -0.461 e. The molecule has 0 aromatic carbocycles. The Hall–Kier alpha value is -1.09. The van der Waals surface area contributed by atoms with Gasteiger partial charge in [-0.2, -0.15) is 0 Å². The molecule has 11 heavy (non-hydrogen) atoms. The number of Topliss-reactive ketones (excluding diaryl/α,β-unsaturated/α-hetero) is 1. The number of furan rings is 1. The molecule has 0 spiro atoms. The summed E-state index contributed by atoms with van der Waals surface area (Å²) in [7, 11) is 0. The summed E-state index contributed by atoms with van der Waals surface area (Å²) in [6.45, 7) is 0. The van der Waals surface area contributed by atoms with Crippen LogP contribution in [-0.4, -0.2) is 17.9 Å². The zero-order valence-corrected chi connectivity index (χ0v) is 6.30. The van der Waals surface area contributed by atoms with Gasteiger partial charge in [0.1, 0.15) is 6.26 Å². The Morgan fingerprint density at radius 3 is 2.91 bits per heavy atom. The highest BCUT2D eigenvalue weighted by Crippen LogP contribution is 2.06. The van der Waals surface area contributed by atoms with Gasteiger partial charge in [0, 0.05) is 0 Å². The van der Waals surface area contributed by atoms with Crippen molar-refractivity contribution in [1.82, 2.24) is 0 Å². The van der Waals surface area contributed by atoms with E-state index in [1.807, 2.05) is 0 Å². The zero-order valence-electron chi connectivity index (χ0n) is 5.54. The van der Waals surface area contributed by atoms with E-state index in [9.17, 15) is 9.59 Å². The summed E-state index contributed by atoms with van der Waals surface area (Å²) < 4.78 is 4.69. The molecule has 0 bridgehead atoms. The maximum absolute atomic E-state index is 10.8. The van der Waals surface area contributed by atoms with E-state index in [0.717, 1.165) is 0 Å². The number of alkyl halides is 1. The van der Waals surface area contributed by atoms with Crippen LogP contribution < -0.4 is 0 Å². The molecular formula is C7H5ClO3. The average Bonchev–Trinajstić information content (AvgIpc) is 2.50. The number of hydrogen-bond donors (Lipinski definition) is 0. The molecule has 0 aliphatic heterocycles. The summed E-state index contributed by atoms with van der Waals surface area (Å²) in [5, 5.41) is 0. The molecular weight excluding hydrogens is 168 g/mol. The fourth-order valence-electron chi connectivity index (χ4n) is 0.638. The van der Waals surface area contributed by atoms with Crippen molar-refractivity contribution in [3.8, 4) is 0 Å². The number of carbonyl (C=O) groups is 2. The van der Waals surface area contributed by atoms with Crippen LogP contribution in [0.15, 0.2) is 16.7 Å². The van der Waals surface area contributed by atoms with Crippen LogP contribution in [0.1, 0.15) is 20.9 Å². The fourth-order valence-corrected chi connectivity index (χ4v) is 0.792. The Morgan fingerprint density at radius 1 is 1.73 bits per heavy atom. The Balaban J connectivity index is 2.88. The topological polar surface area (TPSA) is 47.3 Å². The van der Waals surface area contributed by atoms with Gasteiger partial charge in [0.2, 0.25) is 0 Å². The van der Waals surface area contributed by atoms with Crippen molar-refractivity contribution >= 4 is 23.7 Å². The van der Waals surface area contributed by atoms with E-state index < -0.39 is 0 Å². The van der Waals surface area contributed by atoms with Crippen molar-refractivity contribution in [2.24, 2.45) is 0 Å². The third-order valence-corrected chi connectivity index (χ3v) is 1.42. The largest absolute Gasteiger partial charge is 0.461 e. The molecule has 0 fully saturated rings. The lowest BCUT2D eigenvalue weighted by molar-refractivity contribution is 0.101. The smallest absolute Gasteiger partial charge is 0.185 e. The van der Waals surface area contributed by atoms with Gasteiger partial charge >= 0.3 is 0 Å². The van der Waals surface area contributed by atoms with Gasteiger partial charge in [-0.25, -0.2) is 0 Å². The van der Waals surface area contributed by atoms with Crippen molar-refractivity contribution in [2.75, 3.05) is 5.88 Å². The Kier molecular flexibility index (Phi) is 2.44. The van der Waals surface area contributed by atoms with Gasteiger partial charge in [0.25, 0.3) is 0 Å². The fraction of sp³-hybridized carbons (Fsp3) is 0.143. The van der Waals surface area contributed by atoms with E-state index in [1.54, 1.807) is 0 Å². The molecule has 0 atom stereocenters. The number of carbonyl (C=O) groups excluding carboxylic acids is 2. The monoisotopic (exact) mass is 172 g/mol. The average molecular weight is 173 g/mol. The number of hydrogen-bond acceptors (Lipinski definition) is 3. The van der Waals surface area contributed by atoms with E-state index >= 15 is 0 Å². The molecule has 1 aromatic rings. The summed E-state index contributed by atoms with van der Waals surface area (Å²) in [6, 6.07) is 1.36. The quantitative estimate of drug-likeness (QED) is 0.395. The number of aldehydes is 1. The lowest BCUT2D eigenvalue weighted by atomic mass is 10.2. The maximum Gasteiger partial charge on any atom is 0.185 e. The lowest BCUT2D eigenvalue weighted by Gasteiger charge is -1.84. The number of halogens is 1. The van der Waals surface area contributed by atoms with Crippen molar-refractivity contribution < 1.29 is 14.0 Å². The van der Waals surface area contributed by atoms with Crippen LogP contribution in [0.3, 0.4) is 0 Å². The van der Waals surface area contributed by atoms with Crippen LogP contribution >= 0.6 is 11.6 Å². The zero-order chi connectivity index (χ0) is 8.27. The first-order valence-electron chi connectivity index (χ1n) is 2.91. The van der Waals surface area contributed by atoms with Crippen molar-refractivity contribution in [2.45, 2.75) is 0 Å². The first-order valence-corrected chi connectivity index (χ1v) is 3.44. The normalized spacial score (nSPS) is 9.55. The van der Waals surface area contributed by atoms with Gasteiger partial charge in [-0.05, 0) is 6.07 Å². The van der Waals surface area contributed by atoms with Crippen LogP contribution in [0.25, 0.3) is 0 Å². The minimum absolute atomic E-state index is 0.0994. The highest BCUT2D eigenvalue weighted by Gasteiger charge is 2.07. The Morgan fingerprint density at radius 2 is 2.45 bits per heavy atom. The highest BCUT2D eigenvalue weighted by molar-refractivity contribution is 6.30. The first-order chi connectivity index (χ1) is 5.27. The Bertz CT molecular complexity index is 277. The predicted molar refractivity (Wildman–Crippen MR) is 39.1 cm³/mol. The summed E-state index contributed by atoms with van der Waals surface area (Å²) in [5.74, 6) is -0.209. The molecule has 0 saturated heterocycles. The van der Waals surface area contributed by atoms with Gasteiger partial charge < -0.3 is 4.42 Å². The highest BCUT2D eigenvalue weighted by atomic mass is 35.5. The van der Waals surface area contributed by atoms with E-state index in [4.69, 9.17) is 11.6 Å². The summed E-state index contributed by atoms with van der Waals surface area (Å²) in [5.41, 5.74) is 0.335. The van der Waals surface area contributed by atoms with Crippen LogP contribution in [0.5, 0.6) is 0 Å². The summed E-state index contributed by atoms with van der Waals surface area (Å²) in [6.07, 6.45) is 1.75. The van der Waals surface area contributed by atoms with Gasteiger partial charge in [-0.3, -0.25) is 9.59 Å². The van der Waals surface area contributed by atoms with Gasteiger partial charge in [-0.15, -0.1) is 11.6 Å². The third kappa shape index (κ3) is 1.68. The molecule has 0 amide bonds. The Labute approximate surface area is 67.9 Å². The van der Waals surface area contributed by atoms with E-state index in [-0.39, 0.29) is 17.4 Å². The van der Waals surface area contributed by atoms with Crippen molar-refractivity contribution in [1.29, 1.82) is 0 Å². The summed E-state index contributed by atoms with van der Waals surface area (Å²) >= 11 is 5.26. The van der Waals surface area contributed by atoms with Crippen molar-refractivity contribution in [3.05, 3.63) is 23.7 Å². The lowest BCUT2D eigenvalue weighted by Crippen LogP contribution is -1.96. The molecule has 0 aliphatic rings. The third-order valence-electron chi connectivity index (χ3n) is 1.18. The van der Waals surface area contributed by atoms with E-state index in [2.05, 4.69) is 4.42 Å². The van der Waals surface area contributed by atoms with Gasteiger partial charge in [0.05, 0.1) is 11.4 Å². The van der Waals surface area contributed by atoms with E-state index in [1.165, 1.54) is 12.3 Å². The van der Waals surface area contributed by atoms with Crippen LogP contribution in [0.4, 0.5) is 0 Å². The van der Waals surface area contributed by atoms with Gasteiger partial charge in [0.15, 0.2) is 17.8 Å². The molecule has 4 heteroatoms.